The molecule has 0 aromatic heterocycles. The van der Waals surface area contributed by atoms with Crippen molar-refractivity contribution in [1.29, 1.82) is 0 Å². The van der Waals surface area contributed by atoms with E-state index in [1.165, 1.54) is 67.3 Å². The van der Waals surface area contributed by atoms with Crippen molar-refractivity contribution >= 4 is 31.5 Å². The minimum Gasteiger partial charge on any atom is -0.320 e. The number of aryl methyl sites for hydroxylation is 8. The molecule has 4 nitrogen and oxygen atoms in total. The van der Waals surface area contributed by atoms with Crippen LogP contribution in [0, 0.1) is 55.4 Å². The first-order valence-corrected chi connectivity index (χ1v) is 16.3. The molecule has 2 aliphatic rings. The summed E-state index contributed by atoms with van der Waals surface area (Å²) in [7, 11) is -3.09. The van der Waals surface area contributed by atoms with Gasteiger partial charge in [-0.05, 0) is 99.9 Å². The zero-order valence-corrected chi connectivity index (χ0v) is 26.5. The number of hydrogen-bond acceptors (Lipinski definition) is 4. The Bertz CT molecular complexity index is 1380. The number of nitrogens with zero attached hydrogens (tertiary/aromatic N) is 4. The Labute approximate surface area is 246 Å². The molecule has 6 rings (SSSR count). The van der Waals surface area contributed by atoms with E-state index in [0.717, 1.165) is 0 Å². The fourth-order valence-electron chi connectivity index (χ4n) is 7.00. The van der Waals surface area contributed by atoms with Crippen LogP contribution in [-0.4, -0.2) is 8.72 Å². The van der Waals surface area contributed by atoms with Crippen molar-refractivity contribution in [3.8, 4) is 0 Å². The van der Waals surface area contributed by atoms with Crippen LogP contribution in [0.25, 0.3) is 0 Å². The Morgan fingerprint density at radius 3 is 0.659 bits per heavy atom. The van der Waals surface area contributed by atoms with Gasteiger partial charge in [-0.25, -0.2) is 0 Å². The Hall–Kier alpha value is -4.22. The van der Waals surface area contributed by atoms with E-state index in [0.29, 0.717) is 0 Å². The van der Waals surface area contributed by atoms with E-state index in [2.05, 4.69) is 171 Å². The smallest absolute Gasteiger partial charge is 0.320 e. The number of rotatable bonds is 4. The highest BCUT2D eigenvalue weighted by atomic mass is 28.4. The molecule has 0 atom stereocenters. The summed E-state index contributed by atoms with van der Waals surface area (Å²) in [5.41, 5.74) is 15.3. The van der Waals surface area contributed by atoms with Gasteiger partial charge >= 0.3 is 8.72 Å². The predicted octanol–water partition coefficient (Wildman–Crippen LogP) is 8.89. The molecule has 0 saturated heterocycles. The van der Waals surface area contributed by atoms with Gasteiger partial charge < -0.3 is 18.3 Å². The van der Waals surface area contributed by atoms with Crippen LogP contribution in [0.1, 0.15) is 44.5 Å². The second-order valence-corrected chi connectivity index (χ2v) is 14.8. The minimum atomic E-state index is -3.09. The molecule has 0 aliphatic carbocycles. The summed E-state index contributed by atoms with van der Waals surface area (Å²) in [6, 6.07) is 26.6. The van der Waals surface area contributed by atoms with E-state index >= 15 is 0 Å². The normalized spacial score (nSPS) is 15.6. The molecule has 0 saturated carbocycles. The van der Waals surface area contributed by atoms with Gasteiger partial charge in [0.25, 0.3) is 0 Å². The number of anilines is 4. The molecule has 0 unspecified atom stereocenters. The maximum Gasteiger partial charge on any atom is 0.520 e. The van der Waals surface area contributed by atoms with Crippen molar-refractivity contribution in [3.05, 3.63) is 142 Å². The first kappa shape index (κ1) is 27.0. The lowest BCUT2D eigenvalue weighted by molar-refractivity contribution is 1.11. The molecule has 4 aromatic rings. The van der Waals surface area contributed by atoms with E-state index in [4.69, 9.17) is 0 Å². The third-order valence-electron chi connectivity index (χ3n) is 8.74. The number of hydrogen-bond donors (Lipinski definition) is 0. The quantitative estimate of drug-likeness (QED) is 0.233. The molecule has 0 bridgehead atoms. The maximum atomic E-state index is 2.63. The first-order valence-electron chi connectivity index (χ1n) is 14.5. The highest BCUT2D eigenvalue weighted by Crippen LogP contribution is 2.49. The predicted molar refractivity (Wildman–Crippen MR) is 178 cm³/mol. The maximum absolute atomic E-state index is 3.09. The van der Waals surface area contributed by atoms with E-state index in [-0.39, 0.29) is 0 Å². The Kier molecular flexibility index (Phi) is 6.58. The van der Waals surface area contributed by atoms with Gasteiger partial charge in [0.05, 0.1) is 0 Å². The summed E-state index contributed by atoms with van der Waals surface area (Å²) in [6.45, 7) is 18.0. The zero-order chi connectivity index (χ0) is 29.1. The van der Waals surface area contributed by atoms with Crippen LogP contribution in [0.4, 0.5) is 22.7 Å². The lowest BCUT2D eigenvalue weighted by Gasteiger charge is -2.51. The van der Waals surface area contributed by atoms with Crippen LogP contribution in [-0.2, 0) is 0 Å². The molecular weight excluding hydrogens is 517 g/mol. The third kappa shape index (κ3) is 3.94. The number of benzene rings is 4. The Morgan fingerprint density at radius 2 is 0.488 bits per heavy atom. The molecule has 2 aliphatic heterocycles. The van der Waals surface area contributed by atoms with Crippen molar-refractivity contribution in [3.63, 3.8) is 0 Å². The lowest BCUT2D eigenvalue weighted by atomic mass is 10.1. The van der Waals surface area contributed by atoms with Crippen molar-refractivity contribution in [2.75, 3.05) is 18.3 Å². The minimum absolute atomic E-state index is 1.28. The molecule has 208 valence electrons. The molecule has 2 heterocycles. The van der Waals surface area contributed by atoms with Crippen molar-refractivity contribution in [1.82, 2.24) is 0 Å². The van der Waals surface area contributed by atoms with Crippen molar-refractivity contribution < 1.29 is 0 Å². The monoisotopic (exact) mass is 556 g/mol. The highest BCUT2D eigenvalue weighted by molar-refractivity contribution is 6.95. The van der Waals surface area contributed by atoms with Gasteiger partial charge in [-0.15, -0.1) is 0 Å². The number of para-hydroxylation sites is 4. The fourth-order valence-corrected chi connectivity index (χ4v) is 12.1. The van der Waals surface area contributed by atoms with Gasteiger partial charge in [-0.3, -0.25) is 0 Å². The molecule has 5 heteroatoms. The van der Waals surface area contributed by atoms with E-state index in [1.54, 1.807) is 0 Å². The summed E-state index contributed by atoms with van der Waals surface area (Å²) >= 11 is 0. The molecule has 4 aromatic carbocycles. The summed E-state index contributed by atoms with van der Waals surface area (Å²) in [4.78, 5) is 0. The standard InChI is InChI=1S/C36H40N4Si/c1-25-13-9-14-26(2)33(25)37-21-22-38(34-27(3)15-10-16-28(34)4)41(37)39(35-29(5)17-11-18-30(35)6)23-24-40(41)36-31(7)19-12-20-32(36)8/h9-24H,1-8H3. The molecule has 0 fully saturated rings. The summed E-state index contributed by atoms with van der Waals surface area (Å²) < 4.78 is 10.5. The van der Waals surface area contributed by atoms with Crippen LogP contribution in [0.15, 0.2) is 97.6 Å². The van der Waals surface area contributed by atoms with Crippen LogP contribution in [0.2, 0.25) is 0 Å². The van der Waals surface area contributed by atoms with Gasteiger partial charge in [-0.2, -0.15) is 0 Å². The second-order valence-electron chi connectivity index (χ2n) is 11.6. The zero-order valence-electron chi connectivity index (χ0n) is 25.5. The molecule has 0 radical (unpaired) electrons. The van der Waals surface area contributed by atoms with Gasteiger partial charge in [0.1, 0.15) is 0 Å². The molecule has 0 amide bonds. The Balaban J connectivity index is 1.76. The molecule has 0 N–H and O–H groups in total. The summed E-state index contributed by atoms with van der Waals surface area (Å²) in [5.74, 6) is 0. The molecule has 41 heavy (non-hydrogen) atoms. The molecular formula is C36H40N4Si. The van der Waals surface area contributed by atoms with Gasteiger partial charge in [-0.1, -0.05) is 72.8 Å². The average molecular weight is 557 g/mol. The highest BCUT2D eigenvalue weighted by Gasteiger charge is 2.64. The van der Waals surface area contributed by atoms with Gasteiger partial charge in [0.2, 0.25) is 0 Å². The largest absolute Gasteiger partial charge is 0.520 e. The first-order chi connectivity index (χ1) is 19.7. The third-order valence-corrected chi connectivity index (χ3v) is 12.8. The van der Waals surface area contributed by atoms with Crippen molar-refractivity contribution in [2.45, 2.75) is 55.4 Å². The van der Waals surface area contributed by atoms with E-state index in [9.17, 15) is 0 Å². The van der Waals surface area contributed by atoms with Crippen LogP contribution in [0.5, 0.6) is 0 Å². The SMILES string of the molecule is Cc1cccc(C)c1N1C=CN(c2c(C)cccc2C)[Si]12N(c1c(C)cccc1C)C=CN2c1c(C)cccc1C. The molecule has 1 spiro atoms. The fraction of sp³-hybridized carbons (Fsp3) is 0.222. The van der Waals surface area contributed by atoms with Gasteiger partial charge in [0.15, 0.2) is 0 Å². The summed E-state index contributed by atoms with van der Waals surface area (Å²) in [5, 5.41) is 0. The average Bonchev–Trinajstić information content (AvgIpc) is 3.47. The topological polar surface area (TPSA) is 13.0 Å². The van der Waals surface area contributed by atoms with Gasteiger partial charge in [0, 0.05) is 47.5 Å². The van der Waals surface area contributed by atoms with Crippen LogP contribution >= 0.6 is 0 Å². The summed E-state index contributed by atoms with van der Waals surface area (Å²) in [6.07, 6.45) is 9.34. The van der Waals surface area contributed by atoms with E-state index < -0.39 is 8.72 Å². The van der Waals surface area contributed by atoms with Crippen LogP contribution in [0.3, 0.4) is 0 Å². The lowest BCUT2D eigenvalue weighted by Crippen LogP contribution is -2.77. The van der Waals surface area contributed by atoms with Crippen LogP contribution < -0.4 is 18.3 Å². The van der Waals surface area contributed by atoms with E-state index in [1.807, 2.05) is 0 Å². The Morgan fingerprint density at radius 1 is 0.317 bits per heavy atom. The van der Waals surface area contributed by atoms with Crippen molar-refractivity contribution in [2.24, 2.45) is 0 Å². The second kappa shape index (κ2) is 10.0.